The second-order valence-electron chi connectivity index (χ2n) is 19.2. The second kappa shape index (κ2) is 52.0. The molecule has 0 aromatic carbocycles. The maximum atomic E-state index is 12.8. The number of hydrogen-bond donors (Lipinski definition) is 0. The molecule has 0 saturated heterocycles. The molecule has 0 N–H and O–H groups in total. The Balaban J connectivity index is 4.31. The molecule has 0 spiro atoms. The summed E-state index contributed by atoms with van der Waals surface area (Å²) >= 11 is 0. The van der Waals surface area contributed by atoms with Crippen molar-refractivity contribution in [3.05, 3.63) is 134 Å². The first-order valence-electron chi connectivity index (χ1n) is 27.9. The monoisotopic (exact) mass is 1020 g/mol. The summed E-state index contributed by atoms with van der Waals surface area (Å²) in [7, 11) is 1.12. The lowest BCUT2D eigenvalue weighted by atomic mass is 10.1. The van der Waals surface area contributed by atoms with Crippen LogP contribution < -0.4 is 4.89 Å². The molecule has 0 bridgehead atoms. The van der Waals surface area contributed by atoms with Crippen molar-refractivity contribution in [2.24, 2.45) is 0 Å². The zero-order chi connectivity index (χ0) is 52.7. The molecule has 0 radical (unpaired) electrons. The van der Waals surface area contributed by atoms with Gasteiger partial charge in [0, 0.05) is 12.8 Å². The van der Waals surface area contributed by atoms with E-state index < -0.39 is 32.5 Å². The largest absolute Gasteiger partial charge is 0.756 e. The van der Waals surface area contributed by atoms with Crippen molar-refractivity contribution in [2.45, 2.75) is 200 Å². The number of hydrogen-bond acceptors (Lipinski definition) is 8. The van der Waals surface area contributed by atoms with E-state index in [1.54, 1.807) is 0 Å². The van der Waals surface area contributed by atoms with Gasteiger partial charge in [0.25, 0.3) is 7.82 Å². The molecule has 408 valence electrons. The summed E-state index contributed by atoms with van der Waals surface area (Å²) in [5.74, 6) is -0.877. The molecule has 0 aliphatic carbocycles. The van der Waals surface area contributed by atoms with Crippen LogP contribution in [-0.4, -0.2) is 70.0 Å². The number of allylic oxidation sites excluding steroid dienone is 22. The van der Waals surface area contributed by atoms with Crippen LogP contribution in [0, 0.1) is 0 Å². The smallest absolute Gasteiger partial charge is 0.306 e. The van der Waals surface area contributed by atoms with E-state index in [2.05, 4.69) is 148 Å². The van der Waals surface area contributed by atoms with E-state index in [-0.39, 0.29) is 26.1 Å². The molecule has 2 atom stereocenters. The average Bonchev–Trinajstić information content (AvgIpc) is 3.34. The van der Waals surface area contributed by atoms with Crippen molar-refractivity contribution < 1.29 is 42.1 Å². The van der Waals surface area contributed by atoms with E-state index >= 15 is 0 Å². The molecule has 0 fully saturated rings. The van der Waals surface area contributed by atoms with Crippen LogP contribution in [0.2, 0.25) is 0 Å². The van der Waals surface area contributed by atoms with Crippen LogP contribution in [0.5, 0.6) is 0 Å². The minimum Gasteiger partial charge on any atom is -0.756 e. The molecule has 9 nitrogen and oxygen atoms in total. The quantitative estimate of drug-likeness (QED) is 0.0195. The lowest BCUT2D eigenvalue weighted by Gasteiger charge is -2.28. The molecule has 72 heavy (non-hydrogen) atoms. The highest BCUT2D eigenvalue weighted by Crippen LogP contribution is 2.38. The highest BCUT2D eigenvalue weighted by Gasteiger charge is 2.21. The summed E-state index contributed by atoms with van der Waals surface area (Å²) in [5.41, 5.74) is 0. The molecule has 0 aliphatic heterocycles. The Hall–Kier alpha value is -3.85. The Kier molecular flexibility index (Phi) is 49.2. The third-order valence-corrected chi connectivity index (χ3v) is 12.1. The van der Waals surface area contributed by atoms with Crippen LogP contribution in [0.25, 0.3) is 0 Å². The van der Waals surface area contributed by atoms with E-state index in [1.165, 1.54) is 25.7 Å². The number of phosphoric acid groups is 1. The average molecular weight is 1020 g/mol. The number of carbonyl (C=O) groups is 2. The zero-order valence-corrected chi connectivity index (χ0v) is 47.0. The first-order chi connectivity index (χ1) is 35.0. The van der Waals surface area contributed by atoms with Gasteiger partial charge in [-0.3, -0.25) is 14.2 Å². The molecule has 0 aliphatic rings. The van der Waals surface area contributed by atoms with Crippen molar-refractivity contribution in [3.63, 3.8) is 0 Å². The van der Waals surface area contributed by atoms with E-state index in [1.807, 2.05) is 21.1 Å². The normalized spacial score (nSPS) is 14.4. The Morgan fingerprint density at radius 1 is 0.431 bits per heavy atom. The van der Waals surface area contributed by atoms with E-state index in [9.17, 15) is 19.0 Å². The SMILES string of the molecule is CC/C=C\C/C=C\C/C=C\C/C=C\C/C=C\C/C=C\C/C=C\CCCCCCCC(=O)OC(COC(=O)CCCCCCCCCC/C=C\C/C=C\C/C=C\C/C=C\CC)COP(=O)([O-])OCC[N+](C)(C)C. The van der Waals surface area contributed by atoms with Gasteiger partial charge in [0.1, 0.15) is 19.8 Å². The minimum absolute atomic E-state index is 0.0446. The van der Waals surface area contributed by atoms with Gasteiger partial charge in [-0.15, -0.1) is 0 Å². The van der Waals surface area contributed by atoms with E-state index in [0.29, 0.717) is 23.9 Å². The van der Waals surface area contributed by atoms with Crippen LogP contribution >= 0.6 is 7.82 Å². The maximum Gasteiger partial charge on any atom is 0.306 e. The van der Waals surface area contributed by atoms with Gasteiger partial charge in [0.2, 0.25) is 0 Å². The van der Waals surface area contributed by atoms with Crippen molar-refractivity contribution >= 4 is 19.8 Å². The summed E-state index contributed by atoms with van der Waals surface area (Å²) in [6, 6.07) is 0. The molecule has 10 heteroatoms. The van der Waals surface area contributed by atoms with Crippen LogP contribution in [0.1, 0.15) is 194 Å². The van der Waals surface area contributed by atoms with E-state index in [4.69, 9.17) is 18.5 Å². The predicted octanol–water partition coefficient (Wildman–Crippen LogP) is 16.7. The molecule has 0 saturated carbocycles. The molecule has 0 amide bonds. The van der Waals surface area contributed by atoms with Gasteiger partial charge in [-0.2, -0.15) is 0 Å². The maximum absolute atomic E-state index is 12.8. The highest BCUT2D eigenvalue weighted by molar-refractivity contribution is 7.45. The molecule has 0 rings (SSSR count). The van der Waals surface area contributed by atoms with Crippen LogP contribution in [0.15, 0.2) is 134 Å². The van der Waals surface area contributed by atoms with Gasteiger partial charge in [0.15, 0.2) is 6.10 Å². The number of quaternary nitrogens is 1. The predicted molar refractivity (Wildman–Crippen MR) is 304 cm³/mol. The topological polar surface area (TPSA) is 111 Å². The van der Waals surface area contributed by atoms with Crippen LogP contribution in [0.3, 0.4) is 0 Å². The Morgan fingerprint density at radius 2 is 0.750 bits per heavy atom. The molecule has 0 heterocycles. The molecule has 0 aromatic heterocycles. The van der Waals surface area contributed by atoms with Crippen molar-refractivity contribution in [1.29, 1.82) is 0 Å². The van der Waals surface area contributed by atoms with Gasteiger partial charge in [-0.1, -0.05) is 205 Å². The standard InChI is InChI=1S/C62H102NO8P/c1-6-8-10-12-14-16-18-20-22-24-26-28-29-30-31-32-33-35-37-39-41-43-45-47-49-51-53-55-62(65)71-60(59-70-72(66,67)69-57-56-63(3,4)5)58-68-61(64)54-52-50-48-46-44-42-40-38-36-34-27-25-23-21-19-17-15-13-11-9-7-2/h8-11,14-17,20-23,26-28,30-31,33-35,39,41,60H,6-7,12-13,18-19,24-25,29,32,36-38,40,42-59H2,1-5H3/b10-8-,11-9-,16-14-,17-15-,22-20-,23-21-,28-26-,31-30-,34-27-,35-33-,41-39-. The van der Waals surface area contributed by atoms with Gasteiger partial charge in [-0.25, -0.2) is 0 Å². The van der Waals surface area contributed by atoms with Gasteiger partial charge < -0.3 is 27.9 Å². The molecule has 2 unspecified atom stereocenters. The van der Waals surface area contributed by atoms with Gasteiger partial charge >= 0.3 is 11.9 Å². The van der Waals surface area contributed by atoms with Gasteiger partial charge in [-0.05, 0) is 109 Å². The Morgan fingerprint density at radius 3 is 1.11 bits per heavy atom. The Bertz CT molecular complexity index is 1670. The number of phosphoric ester groups is 1. The summed E-state index contributed by atoms with van der Waals surface area (Å²) in [4.78, 5) is 37.9. The van der Waals surface area contributed by atoms with Crippen LogP contribution in [0.4, 0.5) is 0 Å². The lowest BCUT2D eigenvalue weighted by Crippen LogP contribution is -2.37. The van der Waals surface area contributed by atoms with Crippen LogP contribution in [-0.2, 0) is 32.7 Å². The minimum atomic E-state index is -4.65. The van der Waals surface area contributed by atoms with Crippen molar-refractivity contribution in [3.8, 4) is 0 Å². The van der Waals surface area contributed by atoms with Crippen molar-refractivity contribution in [1.82, 2.24) is 0 Å². The summed E-state index contributed by atoms with van der Waals surface area (Å²) in [5, 5.41) is 0. The van der Waals surface area contributed by atoms with Gasteiger partial charge in [0.05, 0.1) is 27.7 Å². The molecular weight excluding hydrogens is 918 g/mol. The highest BCUT2D eigenvalue weighted by atomic mass is 31.2. The third kappa shape index (κ3) is 55.5. The number of unbranched alkanes of at least 4 members (excludes halogenated alkanes) is 13. The number of ether oxygens (including phenoxy) is 2. The van der Waals surface area contributed by atoms with Crippen molar-refractivity contribution in [2.75, 3.05) is 47.5 Å². The fraction of sp³-hybridized carbons (Fsp3) is 0.613. The summed E-state index contributed by atoms with van der Waals surface area (Å²) in [6.07, 6.45) is 74.8. The number of carbonyl (C=O) groups excluding carboxylic acids is 2. The lowest BCUT2D eigenvalue weighted by molar-refractivity contribution is -0.870. The number of nitrogens with zero attached hydrogens (tertiary/aromatic N) is 1. The number of rotatable bonds is 49. The summed E-state index contributed by atoms with van der Waals surface area (Å²) < 4.78 is 34.1. The number of likely N-dealkylation sites (N-methyl/N-ethyl adjacent to an activating group) is 1. The second-order valence-corrected chi connectivity index (χ2v) is 20.6. The fourth-order valence-electron chi connectivity index (χ4n) is 6.92. The zero-order valence-electron chi connectivity index (χ0n) is 46.1. The first-order valence-corrected chi connectivity index (χ1v) is 29.4. The van der Waals surface area contributed by atoms with E-state index in [0.717, 1.165) is 128 Å². The fourth-order valence-corrected chi connectivity index (χ4v) is 7.65. The molecule has 0 aromatic rings. The first kappa shape index (κ1) is 68.2. The number of esters is 2. The summed E-state index contributed by atoms with van der Waals surface area (Å²) in [6.45, 7) is 3.96. The third-order valence-electron chi connectivity index (χ3n) is 11.2. The Labute approximate surface area is 441 Å². The molecular formula is C62H102NO8P.